The topological polar surface area (TPSA) is 72.5 Å². The molecule has 0 spiro atoms. The summed E-state index contributed by atoms with van der Waals surface area (Å²) in [4.78, 5) is 11.5. The Bertz CT molecular complexity index is 343. The Morgan fingerprint density at radius 1 is 1.35 bits per heavy atom. The lowest BCUT2D eigenvalue weighted by molar-refractivity contribution is -0.156. The van der Waals surface area contributed by atoms with Crippen LogP contribution in [0.15, 0.2) is 0 Å². The molecule has 0 radical (unpaired) electrons. The lowest BCUT2D eigenvalue weighted by Gasteiger charge is -2.22. The Morgan fingerprint density at radius 2 is 1.88 bits per heavy atom. The highest BCUT2D eigenvalue weighted by molar-refractivity contribution is 7.91. The van der Waals surface area contributed by atoms with Crippen LogP contribution in [0.4, 0.5) is 0 Å². The normalized spacial score (nSPS) is 14.4. The van der Waals surface area contributed by atoms with Gasteiger partial charge in [0.2, 0.25) is 0 Å². The number of hydrogen-bond acceptors (Lipinski definition) is 5. The molecule has 0 saturated carbocycles. The number of nitrogens with one attached hydrogen (secondary N) is 1. The second-order valence-electron chi connectivity index (χ2n) is 4.95. The van der Waals surface area contributed by atoms with E-state index < -0.39 is 21.5 Å². The van der Waals surface area contributed by atoms with Crippen LogP contribution >= 0.6 is 0 Å². The summed E-state index contributed by atoms with van der Waals surface area (Å²) >= 11 is 0. The molecule has 0 aliphatic rings. The fourth-order valence-corrected chi connectivity index (χ4v) is 1.77. The lowest BCUT2D eigenvalue weighted by Crippen LogP contribution is -2.41. The zero-order valence-corrected chi connectivity index (χ0v) is 12.1. The van der Waals surface area contributed by atoms with Crippen molar-refractivity contribution >= 4 is 15.8 Å². The van der Waals surface area contributed by atoms with Gasteiger partial charge in [0.25, 0.3) is 0 Å². The standard InChI is InChI=1S/C11H23NO4S/c1-6-17(14,15)8-7-12-9(2)10(13)16-11(3,4)5/h9,12H,6-8H2,1-5H3. The predicted molar refractivity (Wildman–Crippen MR) is 67.6 cm³/mol. The van der Waals surface area contributed by atoms with Crippen molar-refractivity contribution in [1.82, 2.24) is 5.32 Å². The second-order valence-corrected chi connectivity index (χ2v) is 7.42. The monoisotopic (exact) mass is 265 g/mol. The van der Waals surface area contributed by atoms with Crippen LogP contribution in [-0.4, -0.2) is 44.1 Å². The van der Waals surface area contributed by atoms with E-state index in [0.717, 1.165) is 0 Å². The molecule has 0 rings (SSSR count). The third kappa shape index (κ3) is 8.15. The molecule has 0 aliphatic carbocycles. The fraction of sp³-hybridized carbons (Fsp3) is 0.909. The zero-order valence-electron chi connectivity index (χ0n) is 11.2. The third-order valence-corrected chi connectivity index (χ3v) is 3.77. The number of rotatable bonds is 6. The highest BCUT2D eigenvalue weighted by Crippen LogP contribution is 2.08. The molecule has 0 bridgehead atoms. The highest BCUT2D eigenvalue weighted by atomic mass is 32.2. The van der Waals surface area contributed by atoms with Gasteiger partial charge in [-0.15, -0.1) is 0 Å². The maximum atomic E-state index is 11.5. The molecule has 0 aliphatic heterocycles. The molecule has 5 nitrogen and oxygen atoms in total. The van der Waals surface area contributed by atoms with Crippen molar-refractivity contribution in [2.75, 3.05) is 18.1 Å². The maximum Gasteiger partial charge on any atom is 0.323 e. The van der Waals surface area contributed by atoms with Crippen molar-refractivity contribution < 1.29 is 17.9 Å². The van der Waals surface area contributed by atoms with E-state index in [2.05, 4.69) is 5.32 Å². The summed E-state index contributed by atoms with van der Waals surface area (Å²) in [5.74, 6) is -0.210. The van der Waals surface area contributed by atoms with Gasteiger partial charge in [-0.1, -0.05) is 6.92 Å². The average Bonchev–Trinajstić information content (AvgIpc) is 2.14. The summed E-state index contributed by atoms with van der Waals surface area (Å²) in [7, 11) is -2.99. The molecule has 0 amide bonds. The molecule has 1 unspecified atom stereocenters. The number of esters is 1. The van der Waals surface area contributed by atoms with E-state index in [-0.39, 0.29) is 24.0 Å². The summed E-state index contributed by atoms with van der Waals surface area (Å²) in [6.07, 6.45) is 0. The third-order valence-electron chi connectivity index (χ3n) is 2.06. The van der Waals surface area contributed by atoms with Gasteiger partial charge in [-0.25, -0.2) is 8.42 Å². The molecule has 1 atom stereocenters. The van der Waals surface area contributed by atoms with Crippen molar-refractivity contribution in [2.24, 2.45) is 0 Å². The van der Waals surface area contributed by atoms with Gasteiger partial charge in [-0.3, -0.25) is 4.79 Å². The minimum Gasteiger partial charge on any atom is -0.459 e. The van der Waals surface area contributed by atoms with E-state index >= 15 is 0 Å². The van der Waals surface area contributed by atoms with Crippen molar-refractivity contribution in [3.63, 3.8) is 0 Å². The molecule has 0 saturated heterocycles. The maximum absolute atomic E-state index is 11.5. The largest absolute Gasteiger partial charge is 0.459 e. The van der Waals surface area contributed by atoms with Gasteiger partial charge in [0.05, 0.1) is 5.75 Å². The molecule has 0 fully saturated rings. The highest BCUT2D eigenvalue weighted by Gasteiger charge is 2.21. The second kappa shape index (κ2) is 6.35. The van der Waals surface area contributed by atoms with E-state index in [1.807, 2.05) is 0 Å². The molecule has 6 heteroatoms. The molecule has 0 aromatic heterocycles. The first-order chi connectivity index (χ1) is 7.57. The summed E-state index contributed by atoms with van der Waals surface area (Å²) in [6.45, 7) is 8.90. The SMILES string of the molecule is CCS(=O)(=O)CCNC(C)C(=O)OC(C)(C)C. The van der Waals surface area contributed by atoms with Gasteiger partial charge < -0.3 is 10.1 Å². The van der Waals surface area contributed by atoms with Gasteiger partial charge in [0, 0.05) is 12.3 Å². The Balaban J connectivity index is 4.03. The summed E-state index contributed by atoms with van der Waals surface area (Å²) in [5, 5.41) is 2.84. The smallest absolute Gasteiger partial charge is 0.323 e. The Morgan fingerprint density at radius 3 is 2.29 bits per heavy atom. The molecule has 17 heavy (non-hydrogen) atoms. The Hall–Kier alpha value is -0.620. The number of carbonyl (C=O) groups is 1. The molecule has 1 N–H and O–H groups in total. The van der Waals surface area contributed by atoms with Crippen molar-refractivity contribution in [3.8, 4) is 0 Å². The summed E-state index contributed by atoms with van der Waals surface area (Å²) < 4.78 is 27.6. The molecular formula is C11H23NO4S. The van der Waals surface area contributed by atoms with Crippen LogP contribution in [0.1, 0.15) is 34.6 Å². The molecule has 0 aromatic rings. The minimum atomic E-state index is -2.99. The number of hydrogen-bond donors (Lipinski definition) is 1. The molecule has 0 aromatic carbocycles. The van der Waals surface area contributed by atoms with Crippen LogP contribution in [0.2, 0.25) is 0 Å². The minimum absolute atomic E-state index is 0.0383. The van der Waals surface area contributed by atoms with Gasteiger partial charge in [0.1, 0.15) is 11.6 Å². The van der Waals surface area contributed by atoms with Crippen LogP contribution in [0.3, 0.4) is 0 Å². The van der Waals surface area contributed by atoms with Crippen LogP contribution in [0, 0.1) is 0 Å². The van der Waals surface area contributed by atoms with E-state index in [4.69, 9.17) is 4.74 Å². The van der Waals surface area contributed by atoms with E-state index in [1.54, 1.807) is 34.6 Å². The Kier molecular flexibility index (Phi) is 6.12. The van der Waals surface area contributed by atoms with Crippen LogP contribution in [0.25, 0.3) is 0 Å². The van der Waals surface area contributed by atoms with Crippen LogP contribution < -0.4 is 5.32 Å². The van der Waals surface area contributed by atoms with Crippen molar-refractivity contribution in [3.05, 3.63) is 0 Å². The van der Waals surface area contributed by atoms with Gasteiger partial charge in [0.15, 0.2) is 9.84 Å². The fourth-order valence-electron chi connectivity index (χ4n) is 1.05. The summed E-state index contributed by atoms with van der Waals surface area (Å²) in [6, 6.07) is -0.499. The van der Waals surface area contributed by atoms with Gasteiger partial charge in [-0.05, 0) is 27.7 Å². The molecule has 0 heterocycles. The quantitative estimate of drug-likeness (QED) is 0.717. The van der Waals surface area contributed by atoms with Gasteiger partial charge in [-0.2, -0.15) is 0 Å². The average molecular weight is 265 g/mol. The van der Waals surface area contributed by atoms with Crippen LogP contribution in [0.5, 0.6) is 0 Å². The zero-order chi connectivity index (χ0) is 13.7. The first-order valence-electron chi connectivity index (χ1n) is 5.74. The van der Waals surface area contributed by atoms with Crippen LogP contribution in [-0.2, 0) is 19.4 Å². The van der Waals surface area contributed by atoms with Crippen molar-refractivity contribution in [2.45, 2.75) is 46.3 Å². The van der Waals surface area contributed by atoms with Gasteiger partial charge >= 0.3 is 5.97 Å². The number of sulfone groups is 1. The van der Waals surface area contributed by atoms with E-state index in [0.29, 0.717) is 0 Å². The Labute approximate surface area is 104 Å². The molecule has 102 valence electrons. The predicted octanol–water partition coefficient (Wildman–Crippen LogP) is 0.741. The first-order valence-corrected chi connectivity index (χ1v) is 7.56. The number of ether oxygens (including phenoxy) is 1. The lowest BCUT2D eigenvalue weighted by atomic mass is 10.2. The molecular weight excluding hydrogens is 242 g/mol. The van der Waals surface area contributed by atoms with Crippen molar-refractivity contribution in [1.29, 1.82) is 0 Å². The van der Waals surface area contributed by atoms with E-state index in [1.165, 1.54) is 0 Å². The number of carbonyl (C=O) groups excluding carboxylic acids is 1. The first kappa shape index (κ1) is 16.4. The summed E-state index contributed by atoms with van der Waals surface area (Å²) in [5.41, 5.74) is -0.525. The van der Waals surface area contributed by atoms with E-state index in [9.17, 15) is 13.2 Å².